The molecule has 0 fully saturated rings. The molecule has 0 radical (unpaired) electrons. The first-order valence-corrected chi connectivity index (χ1v) is 8.15. The third kappa shape index (κ3) is 4.93. The SMILES string of the molecule is COC(=O)c1ccccc1-c1ccc(CN[C@H](CC(C)C)C(=O)O)o1. The molecule has 0 spiro atoms. The second-order valence-corrected chi connectivity index (χ2v) is 6.20. The predicted octanol–water partition coefficient (Wildman–Crippen LogP) is 3.32. The molecule has 0 amide bonds. The number of benzene rings is 1. The highest BCUT2D eigenvalue weighted by Gasteiger charge is 2.19. The van der Waals surface area contributed by atoms with Gasteiger partial charge in [0, 0.05) is 5.56 Å². The zero-order chi connectivity index (χ0) is 18.4. The zero-order valence-electron chi connectivity index (χ0n) is 14.6. The first-order chi connectivity index (χ1) is 11.9. The zero-order valence-corrected chi connectivity index (χ0v) is 14.6. The van der Waals surface area contributed by atoms with E-state index in [9.17, 15) is 14.7 Å². The summed E-state index contributed by atoms with van der Waals surface area (Å²) in [4.78, 5) is 23.2. The van der Waals surface area contributed by atoms with Crippen LogP contribution >= 0.6 is 0 Å². The van der Waals surface area contributed by atoms with Gasteiger partial charge in [0.05, 0.1) is 19.2 Å². The van der Waals surface area contributed by atoms with E-state index in [4.69, 9.17) is 9.15 Å². The van der Waals surface area contributed by atoms with Gasteiger partial charge in [0.1, 0.15) is 17.6 Å². The number of ether oxygens (including phenoxy) is 1. The van der Waals surface area contributed by atoms with Crippen LogP contribution in [0.25, 0.3) is 11.3 Å². The fourth-order valence-corrected chi connectivity index (χ4v) is 2.57. The Labute approximate surface area is 146 Å². The lowest BCUT2D eigenvalue weighted by Gasteiger charge is -2.15. The van der Waals surface area contributed by atoms with E-state index in [2.05, 4.69) is 5.32 Å². The standard InChI is InChI=1S/C19H23NO5/c1-12(2)10-16(18(21)22)20-11-13-8-9-17(25-13)14-6-4-5-7-15(14)19(23)24-3/h4-9,12,16,20H,10-11H2,1-3H3,(H,21,22)/t16-/m1/s1. The molecular weight excluding hydrogens is 322 g/mol. The van der Waals surface area contributed by atoms with Crippen molar-refractivity contribution in [1.82, 2.24) is 5.32 Å². The maximum Gasteiger partial charge on any atom is 0.338 e. The van der Waals surface area contributed by atoms with Crippen LogP contribution in [0.5, 0.6) is 0 Å². The minimum atomic E-state index is -0.878. The molecule has 134 valence electrons. The fraction of sp³-hybridized carbons (Fsp3) is 0.368. The first kappa shape index (κ1) is 18.7. The van der Waals surface area contributed by atoms with Crippen LogP contribution in [0.1, 0.15) is 36.4 Å². The summed E-state index contributed by atoms with van der Waals surface area (Å²) < 4.78 is 10.6. The number of nitrogens with one attached hydrogen (secondary N) is 1. The van der Waals surface area contributed by atoms with E-state index in [0.717, 1.165) is 0 Å². The Morgan fingerprint density at radius 3 is 2.56 bits per heavy atom. The molecule has 2 rings (SSSR count). The predicted molar refractivity (Wildman–Crippen MR) is 93.2 cm³/mol. The Balaban J connectivity index is 2.13. The number of hydrogen-bond acceptors (Lipinski definition) is 5. The van der Waals surface area contributed by atoms with Crippen molar-refractivity contribution >= 4 is 11.9 Å². The van der Waals surface area contributed by atoms with E-state index in [1.165, 1.54) is 7.11 Å². The molecule has 1 heterocycles. The molecule has 0 saturated carbocycles. The van der Waals surface area contributed by atoms with Gasteiger partial charge in [-0.2, -0.15) is 0 Å². The number of carbonyl (C=O) groups is 2. The van der Waals surface area contributed by atoms with Crippen molar-refractivity contribution in [2.24, 2.45) is 5.92 Å². The topological polar surface area (TPSA) is 88.8 Å². The van der Waals surface area contributed by atoms with Crippen molar-refractivity contribution in [2.45, 2.75) is 32.9 Å². The normalized spacial score (nSPS) is 12.2. The third-order valence-corrected chi connectivity index (χ3v) is 3.79. The molecule has 1 aromatic heterocycles. The van der Waals surface area contributed by atoms with E-state index >= 15 is 0 Å². The van der Waals surface area contributed by atoms with Crippen molar-refractivity contribution in [3.8, 4) is 11.3 Å². The molecule has 0 bridgehead atoms. The van der Waals surface area contributed by atoms with Crippen LogP contribution in [0.3, 0.4) is 0 Å². The van der Waals surface area contributed by atoms with Crippen LogP contribution in [-0.2, 0) is 16.1 Å². The number of esters is 1. The smallest absolute Gasteiger partial charge is 0.338 e. The highest BCUT2D eigenvalue weighted by atomic mass is 16.5. The minimum absolute atomic E-state index is 0.271. The van der Waals surface area contributed by atoms with Crippen molar-refractivity contribution < 1.29 is 23.8 Å². The number of aliphatic carboxylic acids is 1. The molecular formula is C19H23NO5. The first-order valence-electron chi connectivity index (χ1n) is 8.15. The van der Waals surface area contributed by atoms with Crippen molar-refractivity contribution in [3.63, 3.8) is 0 Å². The van der Waals surface area contributed by atoms with Gasteiger partial charge in [-0.25, -0.2) is 4.79 Å². The fourth-order valence-electron chi connectivity index (χ4n) is 2.57. The lowest BCUT2D eigenvalue weighted by Crippen LogP contribution is -2.37. The van der Waals surface area contributed by atoms with Gasteiger partial charge in [-0.1, -0.05) is 32.0 Å². The van der Waals surface area contributed by atoms with Gasteiger partial charge < -0.3 is 14.3 Å². The summed E-state index contributed by atoms with van der Waals surface area (Å²) in [6.07, 6.45) is 0.536. The second-order valence-electron chi connectivity index (χ2n) is 6.20. The van der Waals surface area contributed by atoms with E-state index in [-0.39, 0.29) is 5.92 Å². The number of hydrogen-bond donors (Lipinski definition) is 2. The van der Waals surface area contributed by atoms with Crippen molar-refractivity contribution in [1.29, 1.82) is 0 Å². The highest BCUT2D eigenvalue weighted by Crippen LogP contribution is 2.26. The summed E-state index contributed by atoms with van der Waals surface area (Å²) in [6.45, 7) is 4.25. The van der Waals surface area contributed by atoms with Crippen LogP contribution in [0.4, 0.5) is 0 Å². The molecule has 1 aromatic carbocycles. The van der Waals surface area contributed by atoms with Crippen LogP contribution < -0.4 is 5.32 Å². The lowest BCUT2D eigenvalue weighted by atomic mass is 10.0. The van der Waals surface area contributed by atoms with Crippen LogP contribution in [0, 0.1) is 5.92 Å². The average Bonchev–Trinajstić information content (AvgIpc) is 3.06. The maximum atomic E-state index is 11.9. The molecule has 2 aromatic rings. The number of furan rings is 1. The Morgan fingerprint density at radius 2 is 1.92 bits per heavy atom. The number of methoxy groups -OCH3 is 1. The van der Waals surface area contributed by atoms with E-state index in [1.54, 1.807) is 30.3 Å². The molecule has 0 unspecified atom stereocenters. The lowest BCUT2D eigenvalue weighted by molar-refractivity contribution is -0.140. The molecule has 25 heavy (non-hydrogen) atoms. The van der Waals surface area contributed by atoms with Crippen molar-refractivity contribution in [2.75, 3.05) is 7.11 Å². The summed E-state index contributed by atoms with van der Waals surface area (Å²) in [5, 5.41) is 12.3. The van der Waals surface area contributed by atoms with E-state index < -0.39 is 18.0 Å². The van der Waals surface area contributed by atoms with Crippen LogP contribution in [0.15, 0.2) is 40.8 Å². The Kier molecular flexibility index (Phi) is 6.36. The molecule has 0 saturated heterocycles. The van der Waals surface area contributed by atoms with E-state index in [0.29, 0.717) is 35.6 Å². The molecule has 2 N–H and O–H groups in total. The summed E-state index contributed by atoms with van der Waals surface area (Å²) >= 11 is 0. The summed E-state index contributed by atoms with van der Waals surface area (Å²) in [5.41, 5.74) is 1.06. The molecule has 0 aliphatic carbocycles. The van der Waals surface area contributed by atoms with Gasteiger partial charge >= 0.3 is 11.9 Å². The van der Waals surface area contributed by atoms with Gasteiger partial charge in [-0.3, -0.25) is 10.1 Å². The Morgan fingerprint density at radius 1 is 1.20 bits per heavy atom. The van der Waals surface area contributed by atoms with Gasteiger partial charge in [-0.05, 0) is 30.5 Å². The molecule has 6 nitrogen and oxygen atoms in total. The minimum Gasteiger partial charge on any atom is -0.480 e. The number of rotatable bonds is 8. The van der Waals surface area contributed by atoms with Crippen molar-refractivity contribution in [3.05, 3.63) is 47.7 Å². The van der Waals surface area contributed by atoms with Crippen LogP contribution in [-0.4, -0.2) is 30.2 Å². The number of carbonyl (C=O) groups excluding carboxylic acids is 1. The van der Waals surface area contributed by atoms with E-state index in [1.807, 2.05) is 19.9 Å². The second kappa shape index (κ2) is 8.48. The largest absolute Gasteiger partial charge is 0.480 e. The van der Waals surface area contributed by atoms with Gasteiger partial charge in [0.25, 0.3) is 0 Å². The summed E-state index contributed by atoms with van der Waals surface area (Å²) in [5.74, 6) is 0.0944. The molecule has 1 atom stereocenters. The van der Waals surface area contributed by atoms with Gasteiger partial charge in [-0.15, -0.1) is 0 Å². The molecule has 0 aliphatic rings. The molecule has 0 aliphatic heterocycles. The average molecular weight is 345 g/mol. The quantitative estimate of drug-likeness (QED) is 0.714. The number of carboxylic acid groups (broad SMARTS) is 1. The summed E-state index contributed by atoms with van der Waals surface area (Å²) in [7, 11) is 1.33. The van der Waals surface area contributed by atoms with Gasteiger partial charge in [0.15, 0.2) is 0 Å². The maximum absolute atomic E-state index is 11.9. The third-order valence-electron chi connectivity index (χ3n) is 3.79. The number of carboxylic acids is 1. The highest BCUT2D eigenvalue weighted by molar-refractivity contribution is 5.96. The Hall–Kier alpha value is -2.60. The van der Waals surface area contributed by atoms with Crippen LogP contribution in [0.2, 0.25) is 0 Å². The monoisotopic (exact) mass is 345 g/mol. The molecule has 6 heteroatoms. The summed E-state index contributed by atoms with van der Waals surface area (Å²) in [6, 6.07) is 9.92. The Bertz CT molecular complexity index is 735. The van der Waals surface area contributed by atoms with Gasteiger partial charge in [0.2, 0.25) is 0 Å².